The normalized spacial score (nSPS) is 25.6. The lowest BCUT2D eigenvalue weighted by Crippen LogP contribution is -2.51. The molecule has 8 rings (SSSR count). The Morgan fingerprint density at radius 1 is 0.909 bits per heavy atom. The minimum atomic E-state index is -0.466. The first kappa shape index (κ1) is 28.8. The number of piperazine rings is 1. The number of hydrogen-bond donors (Lipinski definition) is 1. The Kier molecular flexibility index (Phi) is 7.77. The highest BCUT2D eigenvalue weighted by molar-refractivity contribution is 5.95. The van der Waals surface area contributed by atoms with Crippen molar-refractivity contribution in [2.24, 2.45) is 23.2 Å². The van der Waals surface area contributed by atoms with Crippen LogP contribution in [-0.4, -0.2) is 61.0 Å². The van der Waals surface area contributed by atoms with Gasteiger partial charge in [-0.3, -0.25) is 14.6 Å². The molecule has 1 saturated heterocycles. The number of halogens is 1. The molecule has 0 radical (unpaired) electrons. The van der Waals surface area contributed by atoms with Gasteiger partial charge in [-0.1, -0.05) is 6.07 Å². The molecule has 0 unspecified atom stereocenters. The fourth-order valence-electron chi connectivity index (χ4n) is 8.74. The molecule has 0 atom stereocenters. The maximum absolute atomic E-state index is 15.1. The van der Waals surface area contributed by atoms with Crippen LogP contribution in [0, 0.1) is 29.0 Å². The molecule has 4 saturated carbocycles. The van der Waals surface area contributed by atoms with Crippen molar-refractivity contribution in [2.75, 3.05) is 44.2 Å². The van der Waals surface area contributed by atoms with E-state index in [1.54, 1.807) is 35.5 Å². The standard InChI is InChI=1S/C36H41FN4O3/c1-2-44-31-16-29(21-38-22-31)32-8-5-28(17-33(32)37)35(43)41-11-9-40(10-12-41)30-6-3-27(4-7-30)34(42)39-23-36-18-24-13-25(19-36)15-26(14-24)20-36/h3-8,16-17,21-22,24-26H,2,9-15,18-20,23H2,1H3,(H,39,42). The molecule has 44 heavy (non-hydrogen) atoms. The summed E-state index contributed by atoms with van der Waals surface area (Å²) in [6, 6.07) is 14.2. The molecule has 8 heteroatoms. The third-order valence-corrected chi connectivity index (χ3v) is 10.4. The van der Waals surface area contributed by atoms with Gasteiger partial charge in [-0.15, -0.1) is 0 Å². The number of pyridine rings is 1. The van der Waals surface area contributed by atoms with Gasteiger partial charge in [0.05, 0.1) is 12.8 Å². The van der Waals surface area contributed by atoms with Crippen LogP contribution in [0.25, 0.3) is 11.1 Å². The van der Waals surface area contributed by atoms with E-state index in [4.69, 9.17) is 4.74 Å². The molecule has 1 aromatic heterocycles. The fourth-order valence-corrected chi connectivity index (χ4v) is 8.74. The van der Waals surface area contributed by atoms with Gasteiger partial charge in [-0.25, -0.2) is 4.39 Å². The lowest BCUT2D eigenvalue weighted by atomic mass is 9.49. The van der Waals surface area contributed by atoms with E-state index in [1.165, 1.54) is 44.6 Å². The molecule has 7 nitrogen and oxygen atoms in total. The molecular formula is C36H41FN4O3. The molecule has 4 bridgehead atoms. The predicted octanol–water partition coefficient (Wildman–Crippen LogP) is 6.20. The number of carbonyl (C=O) groups is 2. The van der Waals surface area contributed by atoms with Crippen LogP contribution in [0.2, 0.25) is 0 Å². The van der Waals surface area contributed by atoms with Crippen molar-refractivity contribution in [1.82, 2.24) is 15.2 Å². The van der Waals surface area contributed by atoms with Crippen LogP contribution in [0.3, 0.4) is 0 Å². The third-order valence-electron chi connectivity index (χ3n) is 10.4. The van der Waals surface area contributed by atoms with Gasteiger partial charge >= 0.3 is 0 Å². The van der Waals surface area contributed by atoms with Gasteiger partial charge in [0, 0.05) is 66.9 Å². The van der Waals surface area contributed by atoms with E-state index in [0.29, 0.717) is 66.2 Å². The predicted molar refractivity (Wildman–Crippen MR) is 168 cm³/mol. The summed E-state index contributed by atoms with van der Waals surface area (Å²) in [6.45, 7) is 5.59. The van der Waals surface area contributed by atoms with E-state index < -0.39 is 5.82 Å². The first-order chi connectivity index (χ1) is 21.4. The fraction of sp³-hybridized carbons (Fsp3) is 0.472. The first-order valence-corrected chi connectivity index (χ1v) is 16.2. The largest absolute Gasteiger partial charge is 0.492 e. The Balaban J connectivity index is 0.922. The monoisotopic (exact) mass is 596 g/mol. The molecule has 4 aliphatic carbocycles. The maximum atomic E-state index is 15.1. The van der Waals surface area contributed by atoms with Gasteiger partial charge in [0.1, 0.15) is 11.6 Å². The van der Waals surface area contributed by atoms with Crippen molar-refractivity contribution < 1.29 is 18.7 Å². The topological polar surface area (TPSA) is 74.8 Å². The number of nitrogens with zero attached hydrogens (tertiary/aromatic N) is 3. The molecule has 230 valence electrons. The summed E-state index contributed by atoms with van der Waals surface area (Å²) in [5.74, 6) is 2.58. The highest BCUT2D eigenvalue weighted by Gasteiger charge is 2.50. The molecule has 5 fully saturated rings. The van der Waals surface area contributed by atoms with Gasteiger partial charge in [-0.2, -0.15) is 0 Å². The van der Waals surface area contributed by atoms with Gasteiger partial charge in [-0.05, 0) is 111 Å². The van der Waals surface area contributed by atoms with Crippen LogP contribution in [0.15, 0.2) is 60.9 Å². The van der Waals surface area contributed by atoms with Crippen molar-refractivity contribution in [2.45, 2.75) is 45.4 Å². The Morgan fingerprint density at radius 2 is 1.57 bits per heavy atom. The van der Waals surface area contributed by atoms with Crippen LogP contribution in [0.1, 0.15) is 66.2 Å². The summed E-state index contributed by atoms with van der Waals surface area (Å²) in [4.78, 5) is 34.4. The Morgan fingerprint density at radius 3 is 2.20 bits per heavy atom. The van der Waals surface area contributed by atoms with Gasteiger partial charge in [0.25, 0.3) is 11.8 Å². The van der Waals surface area contributed by atoms with Crippen molar-refractivity contribution in [1.29, 1.82) is 0 Å². The number of amides is 2. The smallest absolute Gasteiger partial charge is 0.254 e. The maximum Gasteiger partial charge on any atom is 0.254 e. The number of ether oxygens (including phenoxy) is 1. The molecule has 3 aromatic rings. The van der Waals surface area contributed by atoms with Gasteiger partial charge in [0.2, 0.25) is 0 Å². The Labute approximate surface area is 258 Å². The summed E-state index contributed by atoms with van der Waals surface area (Å²) in [5, 5.41) is 3.28. The minimum absolute atomic E-state index is 0.0132. The molecular weight excluding hydrogens is 555 g/mol. The second-order valence-corrected chi connectivity index (χ2v) is 13.5. The minimum Gasteiger partial charge on any atom is -0.492 e. The van der Waals surface area contributed by atoms with E-state index in [9.17, 15) is 9.59 Å². The van der Waals surface area contributed by atoms with E-state index in [-0.39, 0.29) is 11.8 Å². The van der Waals surface area contributed by atoms with Gasteiger partial charge in [0.15, 0.2) is 0 Å². The van der Waals surface area contributed by atoms with E-state index in [2.05, 4.69) is 15.2 Å². The van der Waals surface area contributed by atoms with Crippen molar-refractivity contribution >= 4 is 17.5 Å². The highest BCUT2D eigenvalue weighted by atomic mass is 19.1. The zero-order valence-electron chi connectivity index (χ0n) is 25.4. The molecule has 2 heterocycles. The molecule has 1 aliphatic heterocycles. The van der Waals surface area contributed by atoms with E-state index in [1.807, 2.05) is 31.2 Å². The number of nitrogens with one attached hydrogen (secondary N) is 1. The average molecular weight is 597 g/mol. The zero-order chi connectivity index (χ0) is 30.3. The third kappa shape index (κ3) is 5.78. The molecule has 5 aliphatic rings. The first-order valence-electron chi connectivity index (χ1n) is 16.2. The zero-order valence-corrected chi connectivity index (χ0v) is 25.4. The second kappa shape index (κ2) is 11.9. The second-order valence-electron chi connectivity index (χ2n) is 13.5. The number of rotatable bonds is 8. The number of carbonyl (C=O) groups excluding carboxylic acids is 2. The summed E-state index contributed by atoms with van der Waals surface area (Å²) in [6.07, 6.45) is 11.3. The summed E-state index contributed by atoms with van der Waals surface area (Å²) in [7, 11) is 0. The number of benzene rings is 2. The van der Waals surface area contributed by atoms with E-state index >= 15 is 4.39 Å². The van der Waals surface area contributed by atoms with Crippen LogP contribution in [0.5, 0.6) is 5.75 Å². The number of hydrogen-bond acceptors (Lipinski definition) is 5. The summed E-state index contributed by atoms with van der Waals surface area (Å²) in [5.41, 5.74) is 3.36. The number of aromatic nitrogens is 1. The van der Waals surface area contributed by atoms with Crippen molar-refractivity contribution in [3.63, 3.8) is 0 Å². The lowest BCUT2D eigenvalue weighted by Gasteiger charge is -2.56. The van der Waals surface area contributed by atoms with Crippen LogP contribution in [-0.2, 0) is 0 Å². The Hall–Kier alpha value is -3.94. The van der Waals surface area contributed by atoms with Crippen molar-refractivity contribution in [3.05, 3.63) is 77.9 Å². The molecule has 0 spiro atoms. The lowest BCUT2D eigenvalue weighted by molar-refractivity contribution is -0.0503. The van der Waals surface area contributed by atoms with Crippen molar-refractivity contribution in [3.8, 4) is 16.9 Å². The SMILES string of the molecule is CCOc1cncc(-c2ccc(C(=O)N3CCN(c4ccc(C(=O)NCC56CC7CC(CC(C7)C5)C6)cc4)CC3)cc2F)c1. The Bertz CT molecular complexity index is 1500. The van der Waals surface area contributed by atoms with Crippen LogP contribution >= 0.6 is 0 Å². The summed E-state index contributed by atoms with van der Waals surface area (Å²) < 4.78 is 20.6. The molecule has 2 amide bonds. The summed E-state index contributed by atoms with van der Waals surface area (Å²) >= 11 is 0. The number of anilines is 1. The average Bonchev–Trinajstić information content (AvgIpc) is 3.03. The molecule has 2 aromatic carbocycles. The quantitative estimate of drug-likeness (QED) is 0.336. The van der Waals surface area contributed by atoms with Crippen LogP contribution in [0.4, 0.5) is 10.1 Å². The van der Waals surface area contributed by atoms with Crippen LogP contribution < -0.4 is 15.0 Å². The van der Waals surface area contributed by atoms with Gasteiger partial charge < -0.3 is 19.9 Å². The molecule has 1 N–H and O–H groups in total. The highest BCUT2D eigenvalue weighted by Crippen LogP contribution is 2.59. The van der Waals surface area contributed by atoms with E-state index in [0.717, 1.165) is 30.0 Å².